The van der Waals surface area contributed by atoms with Crippen LogP contribution in [0.4, 0.5) is 0 Å². The summed E-state index contributed by atoms with van der Waals surface area (Å²) >= 11 is 0. The molecule has 0 saturated heterocycles. The highest BCUT2D eigenvalue weighted by molar-refractivity contribution is 6.17. The van der Waals surface area contributed by atoms with Gasteiger partial charge in [-0.2, -0.15) is 5.26 Å². The SMILES string of the molecule is C/C=C(\C(=N)OC)c1cnc(=C/C)/c(=C\C(=C\CC)CNC(=O)c2ccc3c(c2)C(C#N)COC3)c1.CCCC. The Balaban J connectivity index is 0.00000131. The molecule has 0 aliphatic carbocycles. The van der Waals surface area contributed by atoms with E-state index in [1.807, 2.05) is 51.1 Å². The first-order valence-electron chi connectivity index (χ1n) is 13.9. The molecule has 0 spiro atoms. The monoisotopic (exact) mass is 542 g/mol. The molecule has 2 aromatic rings. The zero-order valence-corrected chi connectivity index (χ0v) is 24.6. The largest absolute Gasteiger partial charge is 0.481 e. The third-order valence-corrected chi connectivity index (χ3v) is 6.51. The molecule has 40 heavy (non-hydrogen) atoms. The zero-order valence-electron chi connectivity index (χ0n) is 24.6. The van der Waals surface area contributed by atoms with Gasteiger partial charge in [0.05, 0.1) is 37.7 Å². The van der Waals surface area contributed by atoms with Crippen LogP contribution in [0.2, 0.25) is 0 Å². The molecule has 0 radical (unpaired) electrons. The fraction of sp³-hybridized carbons (Fsp3) is 0.394. The fourth-order valence-electron chi connectivity index (χ4n) is 4.14. The van der Waals surface area contributed by atoms with Crippen molar-refractivity contribution in [1.82, 2.24) is 10.3 Å². The van der Waals surface area contributed by atoms with E-state index in [9.17, 15) is 10.1 Å². The minimum Gasteiger partial charge on any atom is -0.481 e. The second-order valence-electron chi connectivity index (χ2n) is 9.35. The van der Waals surface area contributed by atoms with Crippen LogP contribution in [0.5, 0.6) is 0 Å². The molecule has 1 aromatic heterocycles. The summed E-state index contributed by atoms with van der Waals surface area (Å²) in [5.74, 6) is -0.490. The number of carbonyl (C=O) groups is 1. The first-order chi connectivity index (χ1) is 19.4. The molecule has 2 N–H and O–H groups in total. The van der Waals surface area contributed by atoms with Gasteiger partial charge < -0.3 is 14.8 Å². The number of amides is 1. The first-order valence-corrected chi connectivity index (χ1v) is 13.9. The number of methoxy groups -OCH3 is 1. The predicted octanol–water partition coefficient (Wildman–Crippen LogP) is 5.40. The van der Waals surface area contributed by atoms with Crippen molar-refractivity contribution >= 4 is 29.5 Å². The zero-order chi connectivity index (χ0) is 29.5. The lowest BCUT2D eigenvalue weighted by molar-refractivity contribution is 0.0952. The molecule has 1 aromatic carbocycles. The third kappa shape index (κ3) is 8.75. The first kappa shape index (κ1) is 32.2. The van der Waals surface area contributed by atoms with Crippen LogP contribution in [0.1, 0.15) is 86.8 Å². The van der Waals surface area contributed by atoms with E-state index < -0.39 is 0 Å². The maximum absolute atomic E-state index is 13.0. The number of nitrogens with zero attached hydrogens (tertiary/aromatic N) is 2. The molecule has 1 aliphatic heterocycles. The number of ether oxygens (including phenoxy) is 2. The molecule has 212 valence electrons. The number of pyridine rings is 1. The highest BCUT2D eigenvalue weighted by Crippen LogP contribution is 2.27. The highest BCUT2D eigenvalue weighted by atomic mass is 16.5. The summed E-state index contributed by atoms with van der Waals surface area (Å²) in [6, 6.07) is 9.66. The van der Waals surface area contributed by atoms with Crippen LogP contribution < -0.4 is 15.9 Å². The molecule has 7 nitrogen and oxygen atoms in total. The number of hydrogen-bond acceptors (Lipinski definition) is 6. The van der Waals surface area contributed by atoms with Crippen LogP contribution in [0.25, 0.3) is 17.7 Å². The van der Waals surface area contributed by atoms with Gasteiger partial charge in [-0.05, 0) is 61.2 Å². The van der Waals surface area contributed by atoms with E-state index in [4.69, 9.17) is 14.9 Å². The molecule has 1 atom stereocenters. The third-order valence-electron chi connectivity index (χ3n) is 6.51. The number of unbranched alkanes of at least 4 members (excludes halogenated alkanes) is 1. The maximum Gasteiger partial charge on any atom is 0.251 e. The van der Waals surface area contributed by atoms with Crippen molar-refractivity contribution in [2.45, 2.75) is 66.4 Å². The Hall–Kier alpha value is -4.02. The number of carbonyl (C=O) groups excluding carboxylic acids is 1. The minimum absolute atomic E-state index is 0.0744. The minimum atomic E-state index is -0.365. The van der Waals surface area contributed by atoms with Crippen molar-refractivity contribution in [2.24, 2.45) is 0 Å². The second kappa shape index (κ2) is 16.8. The van der Waals surface area contributed by atoms with Crippen LogP contribution in [-0.2, 0) is 16.1 Å². The number of benzene rings is 1. The Labute approximate surface area is 238 Å². The van der Waals surface area contributed by atoms with Gasteiger partial charge in [0.1, 0.15) is 0 Å². The smallest absolute Gasteiger partial charge is 0.251 e. The Bertz CT molecular complexity index is 1400. The van der Waals surface area contributed by atoms with Crippen LogP contribution in [-0.4, -0.2) is 37.1 Å². The molecule has 7 heteroatoms. The van der Waals surface area contributed by atoms with Gasteiger partial charge in [0.15, 0.2) is 0 Å². The van der Waals surface area contributed by atoms with Crippen molar-refractivity contribution < 1.29 is 14.3 Å². The number of hydrogen-bond donors (Lipinski definition) is 2. The summed E-state index contributed by atoms with van der Waals surface area (Å²) < 4.78 is 10.6. The molecule has 0 bridgehead atoms. The van der Waals surface area contributed by atoms with E-state index in [1.165, 1.54) is 20.0 Å². The van der Waals surface area contributed by atoms with E-state index in [2.05, 4.69) is 36.3 Å². The van der Waals surface area contributed by atoms with Crippen LogP contribution in [0.15, 0.2) is 48.2 Å². The van der Waals surface area contributed by atoms with Crippen molar-refractivity contribution in [2.75, 3.05) is 20.3 Å². The Morgan fingerprint density at radius 3 is 2.58 bits per heavy atom. The number of fused-ring (bicyclic) bond motifs is 1. The lowest BCUT2D eigenvalue weighted by Crippen LogP contribution is -2.30. The van der Waals surface area contributed by atoms with E-state index in [0.717, 1.165) is 39.3 Å². The average molecular weight is 543 g/mol. The molecule has 3 rings (SSSR count). The standard InChI is InChI=1S/C29H32N4O3.C4H10/c1-5-8-19(11-22-12-23(16-32-27(22)7-3)25(6-2)28(31)35-4)15-33-29(34)20-9-10-21-17-36-18-24(14-30)26(21)13-20;1-3-4-2/h6-13,16,24,31H,5,15,17-18H2,1-4H3,(H,33,34);3-4H2,1-2H3/b19-8-,22-11-,25-6-,27-7+,31-28?;. The van der Waals surface area contributed by atoms with Crippen LogP contribution in [0, 0.1) is 16.7 Å². The summed E-state index contributed by atoms with van der Waals surface area (Å²) in [7, 11) is 1.47. The molecule has 0 fully saturated rings. The van der Waals surface area contributed by atoms with Gasteiger partial charge in [-0.25, -0.2) is 0 Å². The quantitative estimate of drug-likeness (QED) is 0.343. The average Bonchev–Trinajstić information content (AvgIpc) is 2.99. The normalized spacial score (nSPS) is 15.9. The van der Waals surface area contributed by atoms with Gasteiger partial charge in [0.25, 0.3) is 5.91 Å². The molecule has 2 heterocycles. The molecule has 1 amide bonds. The van der Waals surface area contributed by atoms with E-state index >= 15 is 0 Å². The molecular weight excluding hydrogens is 500 g/mol. The Morgan fingerprint density at radius 2 is 1.98 bits per heavy atom. The van der Waals surface area contributed by atoms with E-state index in [1.54, 1.807) is 18.3 Å². The predicted molar refractivity (Wildman–Crippen MR) is 162 cm³/mol. The summed E-state index contributed by atoms with van der Waals surface area (Å²) in [6.45, 7) is 11.3. The Morgan fingerprint density at radius 1 is 1.23 bits per heavy atom. The molecule has 0 saturated carbocycles. The lowest BCUT2D eigenvalue weighted by Gasteiger charge is -2.21. The number of allylic oxidation sites excluding steroid dienone is 2. The van der Waals surface area contributed by atoms with Crippen LogP contribution in [0.3, 0.4) is 0 Å². The van der Waals surface area contributed by atoms with Crippen LogP contribution >= 0.6 is 0 Å². The fourth-order valence-corrected chi connectivity index (χ4v) is 4.14. The van der Waals surface area contributed by atoms with Crippen molar-refractivity contribution in [3.05, 3.63) is 81.0 Å². The summed E-state index contributed by atoms with van der Waals surface area (Å²) in [6.07, 6.45) is 13.0. The number of aromatic nitrogens is 1. The van der Waals surface area contributed by atoms with Gasteiger partial charge in [-0.3, -0.25) is 15.2 Å². The van der Waals surface area contributed by atoms with Gasteiger partial charge >= 0.3 is 0 Å². The van der Waals surface area contributed by atoms with Gasteiger partial charge in [0, 0.05) is 34.7 Å². The van der Waals surface area contributed by atoms with Gasteiger partial charge in [-0.1, -0.05) is 57.9 Å². The number of nitrogens with one attached hydrogen (secondary N) is 2. The van der Waals surface area contributed by atoms with Crippen molar-refractivity contribution in [3.8, 4) is 6.07 Å². The van der Waals surface area contributed by atoms with E-state index in [0.29, 0.717) is 30.9 Å². The molecular formula is C33H42N4O3. The topological polar surface area (TPSA) is 108 Å². The van der Waals surface area contributed by atoms with Gasteiger partial charge in [0.2, 0.25) is 5.90 Å². The number of nitriles is 1. The van der Waals surface area contributed by atoms with Crippen molar-refractivity contribution in [1.29, 1.82) is 10.7 Å². The van der Waals surface area contributed by atoms with E-state index in [-0.39, 0.29) is 17.7 Å². The molecule has 1 aliphatic rings. The summed E-state index contributed by atoms with van der Waals surface area (Å²) in [4.78, 5) is 17.5. The maximum atomic E-state index is 13.0. The number of rotatable bonds is 8. The Kier molecular flexibility index (Phi) is 13.5. The highest BCUT2D eigenvalue weighted by Gasteiger charge is 2.22. The summed E-state index contributed by atoms with van der Waals surface area (Å²) in [5.41, 5.74) is 4.71. The lowest BCUT2D eigenvalue weighted by atomic mass is 9.92. The second-order valence-corrected chi connectivity index (χ2v) is 9.35. The van der Waals surface area contributed by atoms with Crippen molar-refractivity contribution in [3.63, 3.8) is 0 Å². The van der Waals surface area contributed by atoms with Gasteiger partial charge in [-0.15, -0.1) is 0 Å². The summed E-state index contributed by atoms with van der Waals surface area (Å²) in [5, 5.41) is 22.2. The molecule has 1 unspecified atom stereocenters.